The normalized spacial score (nSPS) is 11.5. The summed E-state index contributed by atoms with van der Waals surface area (Å²) in [7, 11) is 0. The molecule has 0 aliphatic carbocycles. The summed E-state index contributed by atoms with van der Waals surface area (Å²) in [4.78, 5) is 11.8. The minimum Gasteiger partial charge on any atom is -0.355 e. The highest BCUT2D eigenvalue weighted by Crippen LogP contribution is 2.27. The second kappa shape index (κ2) is 11.9. The van der Waals surface area contributed by atoms with Gasteiger partial charge in [-0.25, -0.2) is 0 Å². The Labute approximate surface area is 204 Å². The Kier molecular flexibility index (Phi) is 9.00. The van der Waals surface area contributed by atoms with E-state index in [1.807, 2.05) is 0 Å². The first kappa shape index (κ1) is 25.6. The molecule has 3 aromatic rings. The van der Waals surface area contributed by atoms with E-state index in [2.05, 4.69) is 93.1 Å². The predicted molar refractivity (Wildman–Crippen MR) is 144 cm³/mol. The zero-order valence-electron chi connectivity index (χ0n) is 21.5. The standard InChI is InChI=1S/C30H39N3O/c1-21-22(2)24(4)28(25(5)23(21)3)17-16-27-15-14-26-11-8-9-12-29(26)33(27)20-10-6-7-13-30(34)32-19-18-31/h8-9,11-12,14-17H,6-7,10,13,18-20,31H2,1-5H3/p+1/b17-16+. The van der Waals surface area contributed by atoms with Crippen LogP contribution in [0.2, 0.25) is 0 Å². The number of rotatable bonds is 10. The third-order valence-electron chi connectivity index (χ3n) is 7.20. The lowest BCUT2D eigenvalue weighted by atomic mass is 9.89. The molecule has 3 rings (SSSR count). The summed E-state index contributed by atoms with van der Waals surface area (Å²) < 4.78 is 2.42. The zero-order valence-corrected chi connectivity index (χ0v) is 21.5. The molecule has 0 atom stereocenters. The fourth-order valence-corrected chi connectivity index (χ4v) is 4.65. The van der Waals surface area contributed by atoms with E-state index in [0.717, 1.165) is 25.8 Å². The number of pyridine rings is 1. The average molecular weight is 459 g/mol. The molecule has 34 heavy (non-hydrogen) atoms. The number of hydrogen-bond donors (Lipinski definition) is 2. The Hall–Kier alpha value is -2.98. The maximum atomic E-state index is 11.8. The number of carbonyl (C=O) groups is 1. The van der Waals surface area contributed by atoms with Crippen LogP contribution < -0.4 is 15.6 Å². The molecule has 0 fully saturated rings. The Morgan fingerprint density at radius 1 is 0.853 bits per heavy atom. The Balaban J connectivity index is 1.83. The van der Waals surface area contributed by atoms with Gasteiger partial charge in [0.25, 0.3) is 0 Å². The number of unbranched alkanes of at least 4 members (excludes halogenated alkanes) is 2. The predicted octanol–water partition coefficient (Wildman–Crippen LogP) is 5.48. The van der Waals surface area contributed by atoms with Gasteiger partial charge in [0.1, 0.15) is 6.54 Å². The molecular weight excluding hydrogens is 418 g/mol. The molecule has 0 aliphatic rings. The molecule has 0 unspecified atom stereocenters. The van der Waals surface area contributed by atoms with Crippen molar-refractivity contribution in [2.75, 3.05) is 13.1 Å². The first-order valence-corrected chi connectivity index (χ1v) is 12.5. The summed E-state index contributed by atoms with van der Waals surface area (Å²) >= 11 is 0. The number of nitrogens with two attached hydrogens (primary N) is 1. The van der Waals surface area contributed by atoms with Crippen LogP contribution in [-0.4, -0.2) is 19.0 Å². The first-order valence-electron chi connectivity index (χ1n) is 12.5. The highest BCUT2D eigenvalue weighted by atomic mass is 16.1. The topological polar surface area (TPSA) is 59.0 Å². The van der Waals surface area contributed by atoms with E-state index in [1.54, 1.807) is 0 Å². The van der Waals surface area contributed by atoms with Crippen LogP contribution in [0.25, 0.3) is 23.1 Å². The largest absolute Gasteiger partial charge is 0.355 e. The van der Waals surface area contributed by atoms with Crippen LogP contribution in [0.4, 0.5) is 0 Å². The molecule has 0 spiro atoms. The second-order valence-electron chi connectivity index (χ2n) is 9.29. The van der Waals surface area contributed by atoms with E-state index in [9.17, 15) is 4.79 Å². The highest BCUT2D eigenvalue weighted by Gasteiger charge is 2.15. The summed E-state index contributed by atoms with van der Waals surface area (Å²) in [5, 5.41) is 4.09. The van der Waals surface area contributed by atoms with Gasteiger partial charge in [0.15, 0.2) is 0 Å². The smallest absolute Gasteiger partial charge is 0.220 e. The molecule has 1 heterocycles. The molecule has 2 aromatic carbocycles. The summed E-state index contributed by atoms with van der Waals surface area (Å²) in [6.45, 7) is 13.1. The summed E-state index contributed by atoms with van der Waals surface area (Å²) in [5.41, 5.74) is 16.1. The van der Waals surface area contributed by atoms with Crippen molar-refractivity contribution in [3.8, 4) is 0 Å². The molecule has 1 aromatic heterocycles. The lowest BCUT2D eigenvalue weighted by molar-refractivity contribution is -0.673. The van der Waals surface area contributed by atoms with Gasteiger partial charge in [0.05, 0.1) is 0 Å². The van der Waals surface area contributed by atoms with Crippen LogP contribution >= 0.6 is 0 Å². The Bertz CT molecular complexity index is 1160. The van der Waals surface area contributed by atoms with E-state index < -0.39 is 0 Å². The number of aromatic nitrogens is 1. The maximum Gasteiger partial charge on any atom is 0.220 e. The molecule has 3 N–H and O–H groups in total. The molecule has 0 saturated carbocycles. The van der Waals surface area contributed by atoms with Gasteiger partial charge in [-0.3, -0.25) is 4.79 Å². The summed E-state index contributed by atoms with van der Waals surface area (Å²) in [6.07, 6.45) is 8.06. The fraction of sp³-hybridized carbons (Fsp3) is 0.400. The third-order valence-corrected chi connectivity index (χ3v) is 7.20. The molecule has 0 aliphatic heterocycles. The van der Waals surface area contributed by atoms with Crippen molar-refractivity contribution < 1.29 is 9.36 Å². The number of carbonyl (C=O) groups excluding carboxylic acids is 1. The second-order valence-corrected chi connectivity index (χ2v) is 9.29. The van der Waals surface area contributed by atoms with Crippen molar-refractivity contribution in [3.05, 3.63) is 75.5 Å². The monoisotopic (exact) mass is 458 g/mol. The highest BCUT2D eigenvalue weighted by molar-refractivity contribution is 5.78. The van der Waals surface area contributed by atoms with Gasteiger partial charge in [-0.05, 0) is 99.0 Å². The van der Waals surface area contributed by atoms with Gasteiger partial charge in [0, 0.05) is 49.5 Å². The molecule has 0 bridgehead atoms. The van der Waals surface area contributed by atoms with Crippen molar-refractivity contribution in [2.45, 2.75) is 66.8 Å². The number of nitrogens with one attached hydrogen (secondary N) is 1. The summed E-state index contributed by atoms with van der Waals surface area (Å²) in [6, 6.07) is 13.0. The van der Waals surface area contributed by atoms with Crippen LogP contribution in [0.15, 0.2) is 36.4 Å². The quantitative estimate of drug-likeness (QED) is 0.312. The van der Waals surface area contributed by atoms with Crippen LogP contribution in [-0.2, 0) is 11.3 Å². The minimum atomic E-state index is 0.0984. The lowest BCUT2D eigenvalue weighted by Gasteiger charge is -2.16. The fourth-order valence-electron chi connectivity index (χ4n) is 4.65. The van der Waals surface area contributed by atoms with E-state index in [-0.39, 0.29) is 5.91 Å². The molecule has 0 saturated heterocycles. The number of aryl methyl sites for hydroxylation is 1. The van der Waals surface area contributed by atoms with Gasteiger partial charge in [-0.2, -0.15) is 4.57 Å². The van der Waals surface area contributed by atoms with Crippen molar-refractivity contribution in [1.82, 2.24) is 5.32 Å². The van der Waals surface area contributed by atoms with E-state index in [1.165, 1.54) is 50.0 Å². The van der Waals surface area contributed by atoms with Crippen LogP contribution in [0.5, 0.6) is 0 Å². The van der Waals surface area contributed by atoms with Crippen molar-refractivity contribution >= 4 is 29.0 Å². The van der Waals surface area contributed by atoms with E-state index in [0.29, 0.717) is 19.5 Å². The zero-order chi connectivity index (χ0) is 24.7. The SMILES string of the molecule is Cc1c(C)c(C)c(/C=C/c2ccc3ccccc3[n+]2CCCCCC(=O)NCCN)c(C)c1C. The minimum absolute atomic E-state index is 0.0984. The summed E-state index contributed by atoms with van der Waals surface area (Å²) in [5.74, 6) is 0.0984. The average Bonchev–Trinajstić information content (AvgIpc) is 2.85. The first-order chi connectivity index (χ1) is 16.3. The van der Waals surface area contributed by atoms with E-state index in [4.69, 9.17) is 5.73 Å². The van der Waals surface area contributed by atoms with Crippen molar-refractivity contribution in [2.24, 2.45) is 5.73 Å². The van der Waals surface area contributed by atoms with Gasteiger partial charge in [-0.1, -0.05) is 12.1 Å². The van der Waals surface area contributed by atoms with Gasteiger partial charge in [0.2, 0.25) is 17.1 Å². The number of fused-ring (bicyclic) bond motifs is 1. The number of para-hydroxylation sites is 1. The number of amides is 1. The molecular formula is C30H40N3O+. The van der Waals surface area contributed by atoms with Crippen molar-refractivity contribution in [3.63, 3.8) is 0 Å². The Morgan fingerprint density at radius 3 is 2.24 bits per heavy atom. The maximum absolute atomic E-state index is 11.8. The van der Waals surface area contributed by atoms with Gasteiger partial charge < -0.3 is 11.1 Å². The lowest BCUT2D eigenvalue weighted by Crippen LogP contribution is -2.38. The van der Waals surface area contributed by atoms with Gasteiger partial charge >= 0.3 is 0 Å². The van der Waals surface area contributed by atoms with Crippen LogP contribution in [0.3, 0.4) is 0 Å². The molecule has 0 radical (unpaired) electrons. The molecule has 180 valence electrons. The van der Waals surface area contributed by atoms with E-state index >= 15 is 0 Å². The van der Waals surface area contributed by atoms with Gasteiger partial charge in [-0.15, -0.1) is 0 Å². The molecule has 4 nitrogen and oxygen atoms in total. The molecule has 4 heteroatoms. The molecule has 1 amide bonds. The third kappa shape index (κ3) is 5.92. The number of benzene rings is 2. The van der Waals surface area contributed by atoms with Crippen molar-refractivity contribution in [1.29, 1.82) is 0 Å². The van der Waals surface area contributed by atoms with Crippen LogP contribution in [0, 0.1) is 34.6 Å². The Morgan fingerprint density at radius 2 is 1.53 bits per heavy atom. The number of hydrogen-bond acceptors (Lipinski definition) is 2. The van der Waals surface area contributed by atoms with Crippen LogP contribution in [0.1, 0.15) is 64.8 Å². The number of nitrogens with zero attached hydrogens (tertiary/aromatic N) is 1.